The van der Waals surface area contributed by atoms with E-state index < -0.39 is 17.2 Å². The van der Waals surface area contributed by atoms with Crippen LogP contribution >= 0.6 is 0 Å². The summed E-state index contributed by atoms with van der Waals surface area (Å²) in [5.41, 5.74) is 5.28. The Kier molecular flexibility index (Phi) is 8.30. The highest BCUT2D eigenvalue weighted by Crippen LogP contribution is 2.29. The van der Waals surface area contributed by atoms with E-state index in [1.807, 2.05) is 20.8 Å². The van der Waals surface area contributed by atoms with Crippen molar-refractivity contribution in [2.75, 3.05) is 31.4 Å². The number of methoxy groups -OCH3 is 2. The number of aromatic amines is 1. The summed E-state index contributed by atoms with van der Waals surface area (Å²) in [6.07, 6.45) is 2.21. The summed E-state index contributed by atoms with van der Waals surface area (Å²) in [6.45, 7) is 6.66. The number of H-pyrrole nitrogens is 1. The van der Waals surface area contributed by atoms with Crippen molar-refractivity contribution in [3.05, 3.63) is 44.6 Å². The average Bonchev–Trinajstić information content (AvgIpc) is 2.74. The highest BCUT2D eigenvalue weighted by molar-refractivity contribution is 6.07. The first-order chi connectivity index (χ1) is 14.7. The van der Waals surface area contributed by atoms with Crippen LogP contribution in [0.3, 0.4) is 0 Å². The Morgan fingerprint density at radius 3 is 2.45 bits per heavy atom. The third-order valence-electron chi connectivity index (χ3n) is 5.02. The summed E-state index contributed by atoms with van der Waals surface area (Å²) in [6, 6.07) is 4.78. The van der Waals surface area contributed by atoms with Gasteiger partial charge in [-0.05, 0) is 37.0 Å². The minimum Gasteiger partial charge on any atom is -0.493 e. The number of hydrogen-bond donors (Lipinski definition) is 2. The summed E-state index contributed by atoms with van der Waals surface area (Å²) >= 11 is 0. The zero-order valence-corrected chi connectivity index (χ0v) is 18.9. The molecule has 0 radical (unpaired) electrons. The predicted octanol–water partition coefficient (Wildman–Crippen LogP) is 2.63. The van der Waals surface area contributed by atoms with Gasteiger partial charge in [0.15, 0.2) is 17.2 Å². The molecule has 0 fully saturated rings. The van der Waals surface area contributed by atoms with Gasteiger partial charge in [-0.25, -0.2) is 4.79 Å². The molecule has 2 aromatic rings. The molecule has 1 amide bonds. The molecule has 1 heterocycles. The van der Waals surface area contributed by atoms with E-state index in [1.165, 1.54) is 23.7 Å². The second-order valence-electron chi connectivity index (χ2n) is 7.71. The molecule has 1 aromatic carbocycles. The molecule has 9 heteroatoms. The molecule has 31 heavy (non-hydrogen) atoms. The van der Waals surface area contributed by atoms with Gasteiger partial charge >= 0.3 is 5.69 Å². The molecule has 0 saturated heterocycles. The van der Waals surface area contributed by atoms with Crippen molar-refractivity contribution in [3.63, 3.8) is 0 Å². The molecule has 170 valence electrons. The van der Waals surface area contributed by atoms with Crippen LogP contribution in [0, 0.1) is 5.92 Å². The van der Waals surface area contributed by atoms with Crippen molar-refractivity contribution in [2.24, 2.45) is 5.92 Å². The zero-order chi connectivity index (χ0) is 23.1. The van der Waals surface area contributed by atoms with Crippen LogP contribution in [-0.4, -0.2) is 36.2 Å². The number of ether oxygens (including phenoxy) is 2. The molecule has 9 nitrogen and oxygen atoms in total. The van der Waals surface area contributed by atoms with Gasteiger partial charge in [0.05, 0.1) is 14.2 Å². The molecule has 0 spiro atoms. The molecular formula is C22H32N4O5. The number of benzene rings is 1. The number of carbonyl (C=O) groups excluding carboxylic acids is 1. The van der Waals surface area contributed by atoms with Gasteiger partial charge in [0.25, 0.3) is 11.5 Å². The van der Waals surface area contributed by atoms with E-state index in [0.717, 1.165) is 6.42 Å². The summed E-state index contributed by atoms with van der Waals surface area (Å²) in [4.78, 5) is 42.2. The van der Waals surface area contributed by atoms with Gasteiger partial charge in [-0.3, -0.25) is 19.1 Å². The van der Waals surface area contributed by atoms with Crippen LogP contribution in [0.5, 0.6) is 11.5 Å². The topological polar surface area (TPSA) is 120 Å². The van der Waals surface area contributed by atoms with Crippen molar-refractivity contribution < 1.29 is 14.3 Å². The van der Waals surface area contributed by atoms with E-state index in [-0.39, 0.29) is 24.0 Å². The van der Waals surface area contributed by atoms with Crippen molar-refractivity contribution in [1.29, 1.82) is 0 Å². The van der Waals surface area contributed by atoms with E-state index in [4.69, 9.17) is 15.2 Å². The maximum Gasteiger partial charge on any atom is 0.330 e. The molecule has 1 aromatic heterocycles. The van der Waals surface area contributed by atoms with E-state index >= 15 is 0 Å². The lowest BCUT2D eigenvalue weighted by atomic mass is 10.1. The molecule has 2 rings (SSSR count). The molecule has 0 unspecified atom stereocenters. The summed E-state index contributed by atoms with van der Waals surface area (Å²) in [5.74, 6) is 0.733. The summed E-state index contributed by atoms with van der Waals surface area (Å²) < 4.78 is 11.9. The van der Waals surface area contributed by atoms with Gasteiger partial charge in [-0.15, -0.1) is 0 Å². The second-order valence-corrected chi connectivity index (χ2v) is 7.71. The number of amides is 1. The highest BCUT2D eigenvalue weighted by atomic mass is 16.5. The zero-order valence-electron chi connectivity index (χ0n) is 18.9. The van der Waals surface area contributed by atoms with Gasteiger partial charge in [-0.1, -0.05) is 27.2 Å². The first kappa shape index (κ1) is 24.0. The average molecular weight is 433 g/mol. The van der Waals surface area contributed by atoms with E-state index in [2.05, 4.69) is 4.98 Å². The normalized spacial score (nSPS) is 10.9. The van der Waals surface area contributed by atoms with E-state index in [0.29, 0.717) is 36.4 Å². The Balaban J connectivity index is 2.61. The number of nitrogen functional groups attached to an aromatic ring is 1. The van der Waals surface area contributed by atoms with Crippen LogP contribution in [0.4, 0.5) is 11.5 Å². The second kappa shape index (κ2) is 10.7. The van der Waals surface area contributed by atoms with E-state index in [9.17, 15) is 14.4 Å². The Bertz CT molecular complexity index is 1030. The number of carbonyl (C=O) groups is 1. The lowest BCUT2D eigenvalue weighted by Gasteiger charge is -2.25. The van der Waals surface area contributed by atoms with E-state index in [1.54, 1.807) is 18.2 Å². The minimum atomic E-state index is -0.687. The maximum absolute atomic E-state index is 13.5. The SMILES string of the molecule is CCCCn1c(N)c(N(CCC(C)C)C(=O)c2ccc(OC)c(OC)c2)c(=O)[nH]c1=O. The van der Waals surface area contributed by atoms with Crippen LogP contribution in [0.1, 0.15) is 50.4 Å². The molecule has 0 aliphatic carbocycles. The first-order valence-corrected chi connectivity index (χ1v) is 10.4. The number of nitrogens with two attached hydrogens (primary N) is 1. The number of nitrogens with zero attached hydrogens (tertiary/aromatic N) is 2. The molecule has 0 aliphatic rings. The maximum atomic E-state index is 13.5. The monoisotopic (exact) mass is 432 g/mol. The van der Waals surface area contributed by atoms with Gasteiger partial charge in [0.1, 0.15) is 5.82 Å². The van der Waals surface area contributed by atoms with Gasteiger partial charge in [0.2, 0.25) is 0 Å². The standard InChI is InChI=1S/C22H32N4O5/c1-6-7-11-26-19(23)18(20(27)24-22(26)29)25(12-10-14(2)3)21(28)15-8-9-16(30-4)17(13-15)31-5/h8-9,13-14H,6-7,10-12,23H2,1-5H3,(H,24,27,29). The molecule has 3 N–H and O–H groups in total. The smallest absolute Gasteiger partial charge is 0.330 e. The Morgan fingerprint density at radius 2 is 1.87 bits per heavy atom. The lowest BCUT2D eigenvalue weighted by molar-refractivity contribution is 0.0985. The number of anilines is 2. The predicted molar refractivity (Wildman–Crippen MR) is 121 cm³/mol. The summed E-state index contributed by atoms with van der Waals surface area (Å²) in [5, 5.41) is 0. The first-order valence-electron chi connectivity index (χ1n) is 10.4. The number of nitrogens with one attached hydrogen (secondary N) is 1. The Morgan fingerprint density at radius 1 is 1.19 bits per heavy atom. The minimum absolute atomic E-state index is 0.0141. The number of unbranched alkanes of at least 4 members (excludes halogenated alkanes) is 1. The molecular weight excluding hydrogens is 400 g/mol. The van der Waals surface area contributed by atoms with Crippen molar-refractivity contribution in [3.8, 4) is 11.5 Å². The lowest BCUT2D eigenvalue weighted by Crippen LogP contribution is -2.42. The van der Waals surface area contributed by atoms with Crippen LogP contribution in [0.2, 0.25) is 0 Å². The third-order valence-corrected chi connectivity index (χ3v) is 5.02. The van der Waals surface area contributed by atoms with Crippen molar-refractivity contribution >= 4 is 17.4 Å². The molecule has 0 aliphatic heterocycles. The fourth-order valence-electron chi connectivity index (χ4n) is 3.20. The molecule has 0 atom stereocenters. The fourth-order valence-corrected chi connectivity index (χ4v) is 3.20. The molecule has 0 saturated carbocycles. The van der Waals surface area contributed by atoms with Crippen LogP contribution in [0.25, 0.3) is 0 Å². The Hall–Kier alpha value is -3.23. The number of aromatic nitrogens is 2. The quantitative estimate of drug-likeness (QED) is 0.596. The molecule has 0 bridgehead atoms. The largest absolute Gasteiger partial charge is 0.493 e. The number of hydrogen-bond acceptors (Lipinski definition) is 6. The van der Waals surface area contributed by atoms with Gasteiger partial charge in [-0.2, -0.15) is 0 Å². The Labute approximate surface area is 181 Å². The van der Waals surface area contributed by atoms with Crippen LogP contribution < -0.4 is 31.4 Å². The van der Waals surface area contributed by atoms with Crippen LogP contribution in [0.15, 0.2) is 27.8 Å². The fraction of sp³-hybridized carbons (Fsp3) is 0.500. The van der Waals surface area contributed by atoms with Gasteiger partial charge < -0.3 is 20.1 Å². The summed E-state index contributed by atoms with van der Waals surface area (Å²) in [7, 11) is 2.99. The van der Waals surface area contributed by atoms with Crippen molar-refractivity contribution in [1.82, 2.24) is 9.55 Å². The third kappa shape index (κ3) is 5.48. The van der Waals surface area contributed by atoms with Gasteiger partial charge in [0, 0.05) is 18.7 Å². The van der Waals surface area contributed by atoms with Crippen molar-refractivity contribution in [2.45, 2.75) is 46.6 Å². The highest BCUT2D eigenvalue weighted by Gasteiger charge is 2.26. The van der Waals surface area contributed by atoms with Crippen LogP contribution in [-0.2, 0) is 6.54 Å². The number of rotatable bonds is 10.